The van der Waals surface area contributed by atoms with Crippen LogP contribution in [0.4, 0.5) is 0 Å². The molecule has 0 bridgehead atoms. The molecular formula is C20H23N2O2S2+. The smallest absolute Gasteiger partial charge is 0.237 e. The number of hydrogen-bond donors (Lipinski definition) is 1. The van der Waals surface area contributed by atoms with E-state index >= 15 is 0 Å². The van der Waals surface area contributed by atoms with Crippen LogP contribution in [0.1, 0.15) is 47.0 Å². The summed E-state index contributed by atoms with van der Waals surface area (Å²) in [4.78, 5) is 31.5. The van der Waals surface area contributed by atoms with Crippen LogP contribution < -0.4 is 4.90 Å². The zero-order valence-corrected chi connectivity index (χ0v) is 16.3. The fourth-order valence-electron chi connectivity index (χ4n) is 5.02. The lowest BCUT2D eigenvalue weighted by atomic mass is 9.81. The molecule has 0 radical (unpaired) electrons. The van der Waals surface area contributed by atoms with E-state index in [9.17, 15) is 9.59 Å². The van der Waals surface area contributed by atoms with Crippen molar-refractivity contribution < 1.29 is 14.5 Å². The Hall–Kier alpha value is -1.50. The van der Waals surface area contributed by atoms with Crippen LogP contribution in [0, 0.1) is 11.8 Å². The van der Waals surface area contributed by atoms with Gasteiger partial charge < -0.3 is 4.90 Å². The molecule has 2 fully saturated rings. The number of imide groups is 1. The molecule has 26 heavy (non-hydrogen) atoms. The molecule has 1 saturated carbocycles. The lowest BCUT2D eigenvalue weighted by molar-refractivity contribution is -0.934. The molecule has 4 heterocycles. The van der Waals surface area contributed by atoms with E-state index in [0.717, 1.165) is 38.6 Å². The maximum absolute atomic E-state index is 12.9. The fraction of sp³-hybridized carbons (Fsp3) is 0.500. The lowest BCUT2D eigenvalue weighted by Crippen LogP contribution is -3.15. The molecule has 3 aliphatic rings. The first-order chi connectivity index (χ1) is 12.7. The number of rotatable bonds is 3. The van der Waals surface area contributed by atoms with Gasteiger partial charge in [-0.1, -0.05) is 18.9 Å². The predicted octanol–water partition coefficient (Wildman–Crippen LogP) is 2.47. The van der Waals surface area contributed by atoms with Gasteiger partial charge in [0.15, 0.2) is 12.7 Å². The molecule has 136 valence electrons. The third-order valence-electron chi connectivity index (χ3n) is 6.29. The molecule has 5 rings (SSSR count). The van der Waals surface area contributed by atoms with Crippen LogP contribution in [0.3, 0.4) is 0 Å². The van der Waals surface area contributed by atoms with E-state index in [1.54, 1.807) is 16.2 Å². The first-order valence-corrected chi connectivity index (χ1v) is 11.3. The summed E-state index contributed by atoms with van der Waals surface area (Å²) < 4.78 is 0. The van der Waals surface area contributed by atoms with Crippen molar-refractivity contribution in [3.8, 4) is 0 Å². The summed E-state index contributed by atoms with van der Waals surface area (Å²) in [7, 11) is 0. The molecule has 1 aliphatic carbocycles. The summed E-state index contributed by atoms with van der Waals surface area (Å²) in [6.45, 7) is 1.49. The third-order valence-corrected chi connectivity index (χ3v) is 8.23. The van der Waals surface area contributed by atoms with Crippen LogP contribution in [0.2, 0.25) is 0 Å². The van der Waals surface area contributed by atoms with Crippen LogP contribution in [-0.2, 0) is 16.0 Å². The minimum atomic E-state index is -0.0441. The molecule has 4 nitrogen and oxygen atoms in total. The van der Waals surface area contributed by atoms with Crippen molar-refractivity contribution in [2.24, 2.45) is 11.8 Å². The van der Waals surface area contributed by atoms with Crippen LogP contribution >= 0.6 is 22.7 Å². The minimum absolute atomic E-state index is 0.0441. The average Bonchev–Trinajstić information content (AvgIpc) is 3.39. The molecule has 2 aromatic rings. The number of hydrogen-bond acceptors (Lipinski definition) is 4. The molecule has 6 heteroatoms. The van der Waals surface area contributed by atoms with Gasteiger partial charge in [-0.25, -0.2) is 4.90 Å². The van der Waals surface area contributed by atoms with Gasteiger partial charge >= 0.3 is 0 Å². The molecule has 1 N–H and O–H groups in total. The van der Waals surface area contributed by atoms with Gasteiger partial charge in [0.25, 0.3) is 0 Å². The number of fused-ring (bicyclic) bond motifs is 2. The van der Waals surface area contributed by atoms with Gasteiger partial charge in [-0.15, -0.1) is 22.7 Å². The number of nitrogens with zero attached hydrogens (tertiary/aromatic N) is 1. The van der Waals surface area contributed by atoms with E-state index in [1.165, 1.54) is 20.2 Å². The second-order valence-corrected chi connectivity index (χ2v) is 9.65. The summed E-state index contributed by atoms with van der Waals surface area (Å²) in [6, 6.07) is 6.76. The molecule has 2 amide bonds. The number of carbonyl (C=O) groups excluding carboxylic acids is 2. The van der Waals surface area contributed by atoms with E-state index in [-0.39, 0.29) is 29.7 Å². The lowest BCUT2D eigenvalue weighted by Gasteiger charge is -2.34. The molecule has 0 aromatic carbocycles. The van der Waals surface area contributed by atoms with Gasteiger partial charge in [0.2, 0.25) is 11.8 Å². The summed E-state index contributed by atoms with van der Waals surface area (Å²) in [5, 5.41) is 4.29. The number of likely N-dealkylation sites (tertiary alicyclic amines) is 1. The second kappa shape index (κ2) is 6.59. The van der Waals surface area contributed by atoms with E-state index in [0.29, 0.717) is 6.67 Å². The standard InChI is InChI=1S/C20H22N2O2S2/c23-19-13-4-1-2-5-14(13)20(24)22(19)12-21-9-7-16-15(8-11-26-16)18(21)17-6-3-10-25-17/h3,6,8,10-11,13-14,18H,1-2,4-5,7,9,12H2/p+1/t13-,14-,18-/m1/s1. The first kappa shape index (κ1) is 16.7. The average molecular weight is 388 g/mol. The maximum Gasteiger partial charge on any atom is 0.237 e. The van der Waals surface area contributed by atoms with Crippen molar-refractivity contribution in [3.05, 3.63) is 44.3 Å². The highest BCUT2D eigenvalue weighted by Gasteiger charge is 2.50. The molecule has 0 spiro atoms. The second-order valence-electron chi connectivity index (χ2n) is 7.67. The Labute approximate surface area is 161 Å². The SMILES string of the molecule is O=C1[C@@H]2CCCC[C@H]2C(=O)N1C[NH+]1CCc2sccc2[C@@H]1c1cccs1. The molecule has 2 aliphatic heterocycles. The minimum Gasteiger partial charge on any atom is -0.306 e. The Balaban J connectivity index is 1.44. The summed E-state index contributed by atoms with van der Waals surface area (Å²) in [6.07, 6.45) is 4.99. The molecule has 1 unspecified atom stereocenters. The van der Waals surface area contributed by atoms with Crippen molar-refractivity contribution in [2.75, 3.05) is 13.2 Å². The Morgan fingerprint density at radius 1 is 1.04 bits per heavy atom. The highest BCUT2D eigenvalue weighted by molar-refractivity contribution is 7.10. The van der Waals surface area contributed by atoms with Crippen molar-refractivity contribution >= 4 is 34.5 Å². The zero-order chi connectivity index (χ0) is 17.7. The fourth-order valence-corrected chi connectivity index (χ4v) is 6.84. The van der Waals surface area contributed by atoms with Gasteiger partial charge in [-0.05, 0) is 35.7 Å². The largest absolute Gasteiger partial charge is 0.306 e. The Kier molecular flexibility index (Phi) is 4.22. The Morgan fingerprint density at radius 2 is 1.81 bits per heavy atom. The molecular weight excluding hydrogens is 364 g/mol. The van der Waals surface area contributed by atoms with Gasteiger partial charge in [0.05, 0.1) is 23.3 Å². The Morgan fingerprint density at radius 3 is 2.50 bits per heavy atom. The van der Waals surface area contributed by atoms with Crippen molar-refractivity contribution in [1.29, 1.82) is 0 Å². The van der Waals surface area contributed by atoms with Crippen LogP contribution in [0.25, 0.3) is 0 Å². The Bertz CT molecular complexity index is 805. The highest BCUT2D eigenvalue weighted by atomic mass is 32.1. The number of carbonyl (C=O) groups is 2. The zero-order valence-electron chi connectivity index (χ0n) is 14.6. The predicted molar refractivity (Wildman–Crippen MR) is 102 cm³/mol. The number of quaternary nitrogens is 1. The van der Waals surface area contributed by atoms with Crippen LogP contribution in [-0.4, -0.2) is 29.9 Å². The van der Waals surface area contributed by atoms with Gasteiger partial charge in [-0.3, -0.25) is 9.59 Å². The summed E-state index contributed by atoms with van der Waals surface area (Å²) >= 11 is 3.61. The van der Waals surface area contributed by atoms with Gasteiger partial charge in [0, 0.05) is 16.9 Å². The third kappa shape index (κ3) is 2.58. The van der Waals surface area contributed by atoms with E-state index in [4.69, 9.17) is 0 Å². The topological polar surface area (TPSA) is 41.8 Å². The normalized spacial score (nSPS) is 31.2. The van der Waals surface area contributed by atoms with Crippen molar-refractivity contribution in [1.82, 2.24) is 4.90 Å². The number of thiophene rings is 2. The molecule has 1 saturated heterocycles. The van der Waals surface area contributed by atoms with Crippen LogP contribution in [0.15, 0.2) is 29.0 Å². The van der Waals surface area contributed by atoms with E-state index in [2.05, 4.69) is 29.0 Å². The molecule has 2 aromatic heterocycles. The number of amides is 2. The van der Waals surface area contributed by atoms with Crippen molar-refractivity contribution in [2.45, 2.75) is 38.1 Å². The van der Waals surface area contributed by atoms with E-state index < -0.39 is 0 Å². The van der Waals surface area contributed by atoms with Gasteiger partial charge in [-0.2, -0.15) is 0 Å². The summed E-state index contributed by atoms with van der Waals surface area (Å²) in [5.74, 6) is 0.0937. The summed E-state index contributed by atoms with van der Waals surface area (Å²) in [5.41, 5.74) is 1.38. The maximum atomic E-state index is 12.9. The van der Waals surface area contributed by atoms with E-state index in [1.807, 2.05) is 11.3 Å². The van der Waals surface area contributed by atoms with Crippen molar-refractivity contribution in [3.63, 3.8) is 0 Å². The van der Waals surface area contributed by atoms with Crippen LogP contribution in [0.5, 0.6) is 0 Å². The number of nitrogens with one attached hydrogen (secondary N) is 1. The van der Waals surface area contributed by atoms with Gasteiger partial charge in [0.1, 0.15) is 0 Å². The highest BCUT2D eigenvalue weighted by Crippen LogP contribution is 2.38. The molecule has 4 atom stereocenters. The first-order valence-electron chi connectivity index (χ1n) is 9.53. The quantitative estimate of drug-likeness (QED) is 0.822. The monoisotopic (exact) mass is 387 g/mol.